The van der Waals surface area contributed by atoms with Crippen molar-refractivity contribution in [2.24, 2.45) is 5.92 Å². The SMILES string of the molecule is O=C(C[NH+]1CCc2sccc2[C@@H]1C1CC1)Nc1cccc(F)c1. The summed E-state index contributed by atoms with van der Waals surface area (Å²) in [6, 6.07) is 8.78. The molecule has 1 aliphatic carbocycles. The Morgan fingerprint density at radius 1 is 1.35 bits per heavy atom. The molecule has 0 spiro atoms. The number of anilines is 1. The smallest absolute Gasteiger partial charge is 0.279 e. The van der Waals surface area contributed by atoms with Crippen molar-refractivity contribution in [2.75, 3.05) is 18.4 Å². The number of hydrogen-bond donors (Lipinski definition) is 2. The molecular formula is C18H20FN2OS+. The molecule has 1 aromatic heterocycles. The van der Waals surface area contributed by atoms with Gasteiger partial charge in [0.25, 0.3) is 5.91 Å². The van der Waals surface area contributed by atoms with Gasteiger partial charge in [0.1, 0.15) is 11.9 Å². The number of benzene rings is 1. The van der Waals surface area contributed by atoms with Gasteiger partial charge in [-0.1, -0.05) is 6.07 Å². The Bertz CT molecular complexity index is 725. The third-order valence-electron chi connectivity index (χ3n) is 4.82. The minimum Gasteiger partial charge on any atom is -0.321 e. The summed E-state index contributed by atoms with van der Waals surface area (Å²) in [5, 5.41) is 5.01. The number of rotatable bonds is 4. The molecule has 2 aromatic rings. The van der Waals surface area contributed by atoms with E-state index in [0.29, 0.717) is 18.3 Å². The lowest BCUT2D eigenvalue weighted by Gasteiger charge is -2.32. The van der Waals surface area contributed by atoms with E-state index in [4.69, 9.17) is 0 Å². The van der Waals surface area contributed by atoms with E-state index in [-0.39, 0.29) is 11.7 Å². The molecule has 2 aliphatic rings. The minimum absolute atomic E-state index is 0.0325. The predicted octanol–water partition coefficient (Wildman–Crippen LogP) is 2.42. The highest BCUT2D eigenvalue weighted by molar-refractivity contribution is 7.10. The maximum absolute atomic E-state index is 13.2. The van der Waals surface area contributed by atoms with E-state index in [1.165, 1.54) is 40.3 Å². The Morgan fingerprint density at radius 2 is 2.22 bits per heavy atom. The van der Waals surface area contributed by atoms with Crippen LogP contribution in [-0.4, -0.2) is 19.0 Å². The van der Waals surface area contributed by atoms with Crippen LogP contribution in [0.3, 0.4) is 0 Å². The topological polar surface area (TPSA) is 33.5 Å². The van der Waals surface area contributed by atoms with Gasteiger partial charge in [0.05, 0.1) is 6.54 Å². The summed E-state index contributed by atoms with van der Waals surface area (Å²) in [6.07, 6.45) is 3.60. The second-order valence-electron chi connectivity index (χ2n) is 6.51. The van der Waals surface area contributed by atoms with Gasteiger partial charge in [-0.15, -0.1) is 11.3 Å². The lowest BCUT2D eigenvalue weighted by atomic mass is 9.96. The molecule has 5 heteroatoms. The monoisotopic (exact) mass is 331 g/mol. The lowest BCUT2D eigenvalue weighted by Crippen LogP contribution is -3.14. The van der Waals surface area contributed by atoms with Gasteiger partial charge in [-0.25, -0.2) is 4.39 Å². The number of nitrogens with one attached hydrogen (secondary N) is 2. The first-order valence-corrected chi connectivity index (χ1v) is 9.05. The Hall–Kier alpha value is -1.72. The highest BCUT2D eigenvalue weighted by Crippen LogP contribution is 2.42. The largest absolute Gasteiger partial charge is 0.321 e. The van der Waals surface area contributed by atoms with Gasteiger partial charge in [0.2, 0.25) is 0 Å². The van der Waals surface area contributed by atoms with E-state index in [0.717, 1.165) is 18.9 Å². The number of quaternary nitrogens is 1. The number of carbonyl (C=O) groups excluding carboxylic acids is 1. The summed E-state index contributed by atoms with van der Waals surface area (Å²) in [5.41, 5.74) is 1.99. The molecule has 2 heterocycles. The van der Waals surface area contributed by atoms with Crippen LogP contribution in [0, 0.1) is 11.7 Å². The zero-order chi connectivity index (χ0) is 15.8. The molecule has 0 bridgehead atoms. The fourth-order valence-electron chi connectivity index (χ4n) is 3.67. The molecule has 2 N–H and O–H groups in total. The fourth-order valence-corrected chi connectivity index (χ4v) is 4.60. The number of hydrogen-bond acceptors (Lipinski definition) is 2. The first-order valence-electron chi connectivity index (χ1n) is 8.17. The van der Waals surface area contributed by atoms with Gasteiger partial charge in [-0.2, -0.15) is 0 Å². The van der Waals surface area contributed by atoms with Crippen molar-refractivity contribution in [3.05, 3.63) is 52.0 Å². The lowest BCUT2D eigenvalue weighted by molar-refractivity contribution is -0.928. The highest BCUT2D eigenvalue weighted by Gasteiger charge is 2.43. The van der Waals surface area contributed by atoms with Crippen LogP contribution >= 0.6 is 11.3 Å². The normalized spacial score (nSPS) is 23.3. The molecule has 4 rings (SSSR count). The van der Waals surface area contributed by atoms with E-state index in [1.807, 2.05) is 11.3 Å². The molecule has 3 nitrogen and oxygen atoms in total. The predicted molar refractivity (Wildman–Crippen MR) is 89.2 cm³/mol. The molecule has 1 aromatic carbocycles. The number of halogens is 1. The Balaban J connectivity index is 1.46. The molecule has 1 saturated carbocycles. The third-order valence-corrected chi connectivity index (χ3v) is 5.81. The summed E-state index contributed by atoms with van der Waals surface area (Å²) < 4.78 is 13.2. The average Bonchev–Trinajstić information content (AvgIpc) is 3.23. The number of carbonyl (C=O) groups is 1. The van der Waals surface area contributed by atoms with Gasteiger partial charge >= 0.3 is 0 Å². The summed E-state index contributed by atoms with van der Waals surface area (Å²) in [6.45, 7) is 1.46. The number of thiophene rings is 1. The van der Waals surface area contributed by atoms with Gasteiger partial charge in [0.15, 0.2) is 6.54 Å². The molecular weight excluding hydrogens is 311 g/mol. The van der Waals surface area contributed by atoms with Crippen molar-refractivity contribution < 1.29 is 14.1 Å². The molecule has 1 unspecified atom stereocenters. The number of fused-ring (bicyclic) bond motifs is 1. The highest BCUT2D eigenvalue weighted by atomic mass is 32.1. The van der Waals surface area contributed by atoms with Crippen molar-refractivity contribution in [3.63, 3.8) is 0 Å². The van der Waals surface area contributed by atoms with Crippen LogP contribution < -0.4 is 10.2 Å². The minimum atomic E-state index is -0.327. The van der Waals surface area contributed by atoms with Crippen molar-refractivity contribution >= 4 is 22.9 Å². The van der Waals surface area contributed by atoms with Crippen molar-refractivity contribution in [1.29, 1.82) is 0 Å². The summed E-state index contributed by atoms with van der Waals surface area (Å²) in [5.74, 6) is 0.363. The molecule has 1 aliphatic heterocycles. The van der Waals surface area contributed by atoms with Crippen LogP contribution in [0.25, 0.3) is 0 Å². The van der Waals surface area contributed by atoms with E-state index in [2.05, 4.69) is 16.8 Å². The van der Waals surface area contributed by atoms with Crippen LogP contribution in [0.1, 0.15) is 29.3 Å². The second-order valence-corrected chi connectivity index (χ2v) is 7.51. The van der Waals surface area contributed by atoms with E-state index in [1.54, 1.807) is 12.1 Å². The first-order chi connectivity index (χ1) is 11.2. The van der Waals surface area contributed by atoms with Gasteiger partial charge in [0, 0.05) is 28.5 Å². The average molecular weight is 331 g/mol. The number of amides is 1. The zero-order valence-corrected chi connectivity index (χ0v) is 13.7. The van der Waals surface area contributed by atoms with Gasteiger partial charge in [-0.3, -0.25) is 4.79 Å². The van der Waals surface area contributed by atoms with Crippen LogP contribution in [0.15, 0.2) is 35.7 Å². The van der Waals surface area contributed by atoms with Crippen LogP contribution in [0.4, 0.5) is 10.1 Å². The van der Waals surface area contributed by atoms with Crippen LogP contribution in [-0.2, 0) is 11.2 Å². The first kappa shape index (κ1) is 14.8. The molecule has 120 valence electrons. The second kappa shape index (κ2) is 6.06. The molecule has 0 saturated heterocycles. The van der Waals surface area contributed by atoms with Crippen molar-refractivity contribution in [1.82, 2.24) is 0 Å². The molecule has 23 heavy (non-hydrogen) atoms. The van der Waals surface area contributed by atoms with Crippen LogP contribution in [0.2, 0.25) is 0 Å². The fraction of sp³-hybridized carbons (Fsp3) is 0.389. The summed E-state index contributed by atoms with van der Waals surface area (Å²) in [7, 11) is 0. The van der Waals surface area contributed by atoms with Crippen molar-refractivity contribution in [2.45, 2.75) is 25.3 Å². The zero-order valence-electron chi connectivity index (χ0n) is 12.8. The Morgan fingerprint density at radius 3 is 3.00 bits per heavy atom. The molecule has 1 amide bonds. The van der Waals surface area contributed by atoms with Gasteiger partial charge in [-0.05, 0) is 42.5 Å². The molecule has 0 radical (unpaired) electrons. The maximum Gasteiger partial charge on any atom is 0.279 e. The quantitative estimate of drug-likeness (QED) is 0.886. The van der Waals surface area contributed by atoms with E-state index < -0.39 is 0 Å². The third kappa shape index (κ3) is 3.16. The molecule has 2 atom stereocenters. The van der Waals surface area contributed by atoms with E-state index >= 15 is 0 Å². The summed E-state index contributed by atoms with van der Waals surface area (Å²) >= 11 is 1.84. The standard InChI is InChI=1S/C18H19FN2OS/c19-13-2-1-3-14(10-13)20-17(22)11-21-8-6-16-15(7-9-23-16)18(21)12-4-5-12/h1-3,7,9-10,12,18H,4-6,8,11H2,(H,20,22)/p+1/t18-/m0/s1. The summed E-state index contributed by atoms with van der Waals surface area (Å²) in [4.78, 5) is 15.2. The maximum atomic E-state index is 13.2. The van der Waals surface area contributed by atoms with Crippen LogP contribution in [0.5, 0.6) is 0 Å². The Labute approximate surface area is 139 Å². The van der Waals surface area contributed by atoms with E-state index in [9.17, 15) is 9.18 Å². The van der Waals surface area contributed by atoms with Crippen molar-refractivity contribution in [3.8, 4) is 0 Å². The Kier molecular flexibility index (Phi) is 3.91. The molecule has 1 fully saturated rings. The van der Waals surface area contributed by atoms with Gasteiger partial charge < -0.3 is 10.2 Å².